The third kappa shape index (κ3) is 2.78. The fourth-order valence-electron chi connectivity index (χ4n) is 0. The first-order chi connectivity index (χ1) is 1.91. The summed E-state index contributed by atoms with van der Waals surface area (Å²) in [5.41, 5.74) is 0. The second kappa shape index (κ2) is 3.78. The molecule has 0 aromatic carbocycles. The van der Waals surface area contributed by atoms with Gasteiger partial charge < -0.3 is 0 Å². The van der Waals surface area contributed by atoms with Crippen LogP contribution in [0.15, 0.2) is 0 Å². The number of hydrogen-bond donors (Lipinski definition) is 0. The maximum atomic E-state index is 4.90. The van der Waals surface area contributed by atoms with Gasteiger partial charge in [0.1, 0.15) is 0 Å². The minimum absolute atomic E-state index is 0.330. The van der Waals surface area contributed by atoms with E-state index in [0.29, 0.717) is 8.34 Å². The van der Waals surface area contributed by atoms with Gasteiger partial charge >= 0.3 is 33.8 Å². The van der Waals surface area contributed by atoms with E-state index in [1.54, 1.807) is 0 Å². The van der Waals surface area contributed by atoms with Crippen molar-refractivity contribution in [1.29, 1.82) is 0 Å². The summed E-state index contributed by atoms with van der Waals surface area (Å²) in [5.74, 6) is 1.51. The van der Waals surface area contributed by atoms with Crippen molar-refractivity contribution in [2.75, 3.05) is 0 Å². The predicted octanol–water partition coefficient (Wildman–Crippen LogP) is 0.480. The van der Waals surface area contributed by atoms with Crippen LogP contribution >= 0.6 is 20.4 Å². The van der Waals surface area contributed by atoms with Crippen molar-refractivity contribution in [2.45, 2.75) is 0 Å². The molecule has 0 amide bonds. The van der Waals surface area contributed by atoms with Crippen molar-refractivity contribution in [1.82, 2.24) is 0 Å². The molecule has 4 heavy (non-hydrogen) atoms. The van der Waals surface area contributed by atoms with E-state index in [2.05, 4.69) is 12.1 Å². The van der Waals surface area contributed by atoms with Gasteiger partial charge in [-0.15, -0.1) is 0 Å². The first-order valence-corrected chi connectivity index (χ1v) is 2.44. The van der Waals surface area contributed by atoms with Gasteiger partial charge in [0.25, 0.3) is 0 Å². The first-order valence-electron chi connectivity index (χ1n) is 0.813. The van der Waals surface area contributed by atoms with Crippen molar-refractivity contribution in [3.05, 3.63) is 0 Å². The Balaban J connectivity index is 2.30. The normalized spacial score (nSPS) is 8.00. The second-order valence-corrected chi connectivity index (χ2v) is 1.56. The second-order valence-electron chi connectivity index (χ2n) is 0.285. The Morgan fingerprint density at radius 1 is 2.00 bits per heavy atom. The van der Waals surface area contributed by atoms with E-state index in [0.717, 1.165) is 0 Å². The van der Waals surface area contributed by atoms with Gasteiger partial charge in [0.05, 0.1) is 0 Å². The third-order valence-electron chi connectivity index (χ3n) is 0.0680. The Labute approximate surface area is 34.6 Å². The van der Waals surface area contributed by atoms with E-state index in [4.69, 9.17) is 7.57 Å². The quantitative estimate of drug-likeness (QED) is 0.330. The molecular formula is HB2PS. The first kappa shape index (κ1) is 4.78. The van der Waals surface area contributed by atoms with Crippen LogP contribution in [0.5, 0.6) is 0 Å². The monoisotopic (exact) mass is 86.0 g/mol. The summed E-state index contributed by atoms with van der Waals surface area (Å²) in [6.07, 6.45) is 0. The predicted molar refractivity (Wildman–Crippen MR) is 27.4 cm³/mol. The van der Waals surface area contributed by atoms with Crippen molar-refractivity contribution >= 4 is 33.8 Å². The molecule has 0 heterocycles. The molecule has 0 aliphatic carbocycles. The topological polar surface area (TPSA) is 0 Å². The molecule has 0 saturated heterocycles. The summed E-state index contributed by atoms with van der Waals surface area (Å²) in [4.78, 5) is 0. The summed E-state index contributed by atoms with van der Waals surface area (Å²) in [7, 11) is 5.23. The van der Waals surface area contributed by atoms with Crippen molar-refractivity contribution in [3.8, 4) is 0 Å². The average molecular weight is 85.7 g/mol. The van der Waals surface area contributed by atoms with Gasteiger partial charge in [-0.3, -0.25) is 0 Å². The molecule has 0 aromatic rings. The molecule has 0 aromatic heterocycles. The van der Waals surface area contributed by atoms with Gasteiger partial charge in [0, 0.05) is 0 Å². The zero-order chi connectivity index (χ0) is 3.41. The molecular weight excluding hydrogens is 84.7 g/mol. The van der Waals surface area contributed by atoms with Crippen LogP contribution in [0.2, 0.25) is 0 Å². The van der Waals surface area contributed by atoms with E-state index >= 15 is 0 Å². The molecule has 0 aliphatic heterocycles. The molecule has 0 nitrogen and oxygen atoms in total. The van der Waals surface area contributed by atoms with Gasteiger partial charge in [-0.05, 0) is 0 Å². The van der Waals surface area contributed by atoms with E-state index in [9.17, 15) is 0 Å². The Bertz CT molecular complexity index is 20.0. The molecule has 0 fully saturated rings. The Morgan fingerprint density at radius 3 is 2.25 bits per heavy atom. The molecule has 4 heteroatoms. The SMILES string of the molecule is [B]PB=S. The molecule has 0 rings (SSSR count). The van der Waals surface area contributed by atoms with E-state index in [-0.39, 0.29) is 0 Å². The van der Waals surface area contributed by atoms with Crippen molar-refractivity contribution < 1.29 is 0 Å². The van der Waals surface area contributed by atoms with Crippen LogP contribution in [0.25, 0.3) is 0 Å². The Morgan fingerprint density at radius 2 is 2.25 bits per heavy atom. The van der Waals surface area contributed by atoms with Crippen LogP contribution in [0.4, 0.5) is 0 Å². The molecule has 2 radical (unpaired) electrons. The van der Waals surface area contributed by atoms with Gasteiger partial charge in [-0.1, -0.05) is 0 Å². The molecule has 1 unspecified atom stereocenters. The van der Waals surface area contributed by atoms with Gasteiger partial charge in [-0.25, -0.2) is 0 Å². The van der Waals surface area contributed by atoms with E-state index in [1.165, 1.54) is 5.87 Å². The summed E-state index contributed by atoms with van der Waals surface area (Å²) in [6.45, 7) is 0. The standard InChI is InChI=1S/B2HPS/c1-3-2-4/h3H. The molecule has 0 spiro atoms. The number of rotatable bonds is 1. The minimum atomic E-state index is 0.330. The van der Waals surface area contributed by atoms with Crippen LogP contribution in [-0.4, -0.2) is 13.4 Å². The summed E-state index contributed by atoms with van der Waals surface area (Å²) in [5, 5.41) is 0. The molecule has 0 N–H and O–H groups in total. The zero-order valence-corrected chi connectivity index (χ0v) is 3.88. The molecule has 18 valence electrons. The molecule has 0 bridgehead atoms. The van der Waals surface area contributed by atoms with Crippen LogP contribution in [0.1, 0.15) is 0 Å². The molecule has 0 aliphatic rings. The Kier molecular flexibility index (Phi) is 4.52. The zero-order valence-electron chi connectivity index (χ0n) is 2.06. The van der Waals surface area contributed by atoms with Gasteiger partial charge in [0.2, 0.25) is 0 Å². The average Bonchev–Trinajstić information content (AvgIpc) is 1.37. The van der Waals surface area contributed by atoms with Crippen molar-refractivity contribution in [2.24, 2.45) is 0 Å². The van der Waals surface area contributed by atoms with Crippen molar-refractivity contribution in [3.63, 3.8) is 0 Å². The third-order valence-corrected chi connectivity index (χ3v) is 0.612. The van der Waals surface area contributed by atoms with E-state index in [1.807, 2.05) is 0 Å². The van der Waals surface area contributed by atoms with Gasteiger partial charge in [-0.2, -0.15) is 0 Å². The fraction of sp³-hybridized carbons (Fsp3) is 0. The summed E-state index contributed by atoms with van der Waals surface area (Å²) in [6, 6.07) is 0. The molecule has 1 atom stereocenters. The summed E-state index contributed by atoms with van der Waals surface area (Å²) < 4.78 is 0. The Hall–Kier alpha value is 0.780. The van der Waals surface area contributed by atoms with Crippen LogP contribution in [0, 0.1) is 0 Å². The van der Waals surface area contributed by atoms with Gasteiger partial charge in [0.15, 0.2) is 0 Å². The maximum absolute atomic E-state index is 4.90. The summed E-state index contributed by atoms with van der Waals surface area (Å²) >= 11 is 4.32. The van der Waals surface area contributed by atoms with Crippen LogP contribution in [-0.2, 0) is 0 Å². The fourth-order valence-corrected chi connectivity index (χ4v) is 0. The van der Waals surface area contributed by atoms with E-state index < -0.39 is 0 Å². The number of hydrogen-bond acceptors (Lipinski definition) is 1. The van der Waals surface area contributed by atoms with Crippen LogP contribution < -0.4 is 0 Å². The molecule has 0 saturated carbocycles. The van der Waals surface area contributed by atoms with Crippen LogP contribution in [0.3, 0.4) is 0 Å².